The molecule has 1 saturated carbocycles. The third-order valence-corrected chi connectivity index (χ3v) is 10.7. The normalized spacial score (nSPS) is 18.8. The molecule has 1 aliphatic carbocycles. The van der Waals surface area contributed by atoms with Crippen LogP contribution in [0.15, 0.2) is 48.7 Å². The van der Waals surface area contributed by atoms with Crippen molar-refractivity contribution in [3.8, 4) is 22.8 Å². The molecule has 2 N–H and O–H groups in total. The first kappa shape index (κ1) is 34.2. The van der Waals surface area contributed by atoms with Gasteiger partial charge in [0, 0.05) is 29.3 Å². The predicted octanol–water partition coefficient (Wildman–Crippen LogP) is 6.16. The monoisotopic (exact) mass is 688 g/mol. The number of rotatable bonds is 8. The molecule has 0 saturated heterocycles. The number of hydrogen-bond donors (Lipinski definition) is 2. The van der Waals surface area contributed by atoms with Gasteiger partial charge in [0.05, 0.1) is 49.6 Å². The first-order chi connectivity index (χ1) is 23.3. The minimum atomic E-state index is -3.53. The van der Waals surface area contributed by atoms with Crippen LogP contribution in [-0.2, 0) is 27.7 Å². The number of aryl methyl sites for hydroxylation is 2. The van der Waals surface area contributed by atoms with Crippen molar-refractivity contribution in [2.45, 2.75) is 84.0 Å². The van der Waals surface area contributed by atoms with Gasteiger partial charge in [-0.2, -0.15) is 0 Å². The molecule has 2 aromatic heterocycles. The summed E-state index contributed by atoms with van der Waals surface area (Å²) in [4.78, 5) is 26.4. The van der Waals surface area contributed by atoms with Crippen molar-refractivity contribution in [2.24, 2.45) is 0 Å². The Morgan fingerprint density at radius 3 is 2.45 bits per heavy atom. The molecule has 0 atom stereocenters. The summed E-state index contributed by atoms with van der Waals surface area (Å²) in [5, 5.41) is 6.46. The van der Waals surface area contributed by atoms with Gasteiger partial charge < -0.3 is 24.8 Å². The van der Waals surface area contributed by atoms with Crippen LogP contribution in [0.3, 0.4) is 0 Å². The Kier molecular flexibility index (Phi) is 9.56. The standard InChI is InChI=1S/C36H44N6O6S/c1-22-17-29(40-30-20-37-34(41-33(22)30)38-26-9-11-27(12-10-26)39-35(43)48-36(2,3)4)23-8-14-31-24(18-23)15-16-49(44,45)42(31)21-25-7-13-28(46-5)19-32(25)47-6/h7-8,13-14,17-20,26-27H,9-12,15-16,21H2,1-6H3,(H,39,43)(H,37,38,41). The average Bonchev–Trinajstić information content (AvgIpc) is 3.06. The number of nitrogens with zero attached hydrogens (tertiary/aromatic N) is 4. The molecule has 12 nitrogen and oxygen atoms in total. The van der Waals surface area contributed by atoms with Crippen LogP contribution >= 0.6 is 0 Å². The molecular weight excluding hydrogens is 644 g/mol. The van der Waals surface area contributed by atoms with Gasteiger partial charge in [-0.25, -0.2) is 28.2 Å². The van der Waals surface area contributed by atoms with Crippen LogP contribution in [0.1, 0.15) is 63.1 Å². The lowest BCUT2D eigenvalue weighted by Gasteiger charge is -2.31. The number of fused-ring (bicyclic) bond motifs is 2. The number of pyridine rings is 1. The molecule has 3 heterocycles. The van der Waals surface area contributed by atoms with E-state index in [4.69, 9.17) is 24.2 Å². The van der Waals surface area contributed by atoms with Crippen molar-refractivity contribution in [3.05, 3.63) is 65.4 Å². The maximum absolute atomic E-state index is 13.3. The molecule has 0 bridgehead atoms. The van der Waals surface area contributed by atoms with Gasteiger partial charge in [0.25, 0.3) is 0 Å². The quantitative estimate of drug-likeness (QED) is 0.221. The number of nitrogens with one attached hydrogen (secondary N) is 2. The van der Waals surface area contributed by atoms with E-state index in [-0.39, 0.29) is 30.5 Å². The Morgan fingerprint density at radius 1 is 0.980 bits per heavy atom. The summed E-state index contributed by atoms with van der Waals surface area (Å²) in [6.45, 7) is 7.73. The zero-order valence-electron chi connectivity index (χ0n) is 28.9. The Labute approximate surface area is 287 Å². The number of aromatic nitrogens is 3. The molecule has 4 aromatic rings. The summed E-state index contributed by atoms with van der Waals surface area (Å²) in [6.07, 6.45) is 5.21. The number of carbonyl (C=O) groups is 1. The Morgan fingerprint density at radius 2 is 1.73 bits per heavy atom. The molecule has 1 aliphatic heterocycles. The fraction of sp³-hybridized carbons (Fsp3) is 0.444. The molecule has 2 aliphatic rings. The molecule has 0 radical (unpaired) electrons. The number of methoxy groups -OCH3 is 2. The lowest BCUT2D eigenvalue weighted by atomic mass is 9.91. The van der Waals surface area contributed by atoms with Crippen molar-refractivity contribution in [3.63, 3.8) is 0 Å². The van der Waals surface area contributed by atoms with E-state index in [0.29, 0.717) is 35.1 Å². The van der Waals surface area contributed by atoms with Gasteiger partial charge in [-0.15, -0.1) is 0 Å². The second-order valence-electron chi connectivity index (χ2n) is 13.7. The highest BCUT2D eigenvalue weighted by Crippen LogP contribution is 2.36. The van der Waals surface area contributed by atoms with Gasteiger partial charge >= 0.3 is 6.09 Å². The first-order valence-electron chi connectivity index (χ1n) is 16.6. The smallest absolute Gasteiger partial charge is 0.407 e. The highest BCUT2D eigenvalue weighted by atomic mass is 32.2. The number of hydrogen-bond acceptors (Lipinski definition) is 10. The molecule has 6 rings (SSSR count). The second-order valence-corrected chi connectivity index (χ2v) is 15.7. The fourth-order valence-corrected chi connectivity index (χ4v) is 7.96. The zero-order chi connectivity index (χ0) is 34.9. The summed E-state index contributed by atoms with van der Waals surface area (Å²) >= 11 is 0. The summed E-state index contributed by atoms with van der Waals surface area (Å²) < 4.78 is 44.3. The molecule has 1 fully saturated rings. The largest absolute Gasteiger partial charge is 0.497 e. The maximum atomic E-state index is 13.3. The van der Waals surface area contributed by atoms with E-state index in [0.717, 1.165) is 59.1 Å². The van der Waals surface area contributed by atoms with Gasteiger partial charge in [-0.1, -0.05) is 6.07 Å². The third kappa shape index (κ3) is 7.82. The van der Waals surface area contributed by atoms with Crippen molar-refractivity contribution in [2.75, 3.05) is 29.6 Å². The number of benzene rings is 2. The highest BCUT2D eigenvalue weighted by Gasteiger charge is 2.31. The molecule has 0 spiro atoms. The Hall–Kier alpha value is -4.65. The van der Waals surface area contributed by atoms with Gasteiger partial charge in [0.1, 0.15) is 22.6 Å². The number of amides is 1. The topological polar surface area (TPSA) is 145 Å². The Bertz CT molecular complexity index is 1970. The van der Waals surface area contributed by atoms with Gasteiger partial charge in [-0.3, -0.25) is 4.31 Å². The average molecular weight is 689 g/mol. The molecule has 49 heavy (non-hydrogen) atoms. The van der Waals surface area contributed by atoms with Gasteiger partial charge in [0.2, 0.25) is 16.0 Å². The van der Waals surface area contributed by atoms with E-state index in [2.05, 4.69) is 15.6 Å². The van der Waals surface area contributed by atoms with Crippen molar-refractivity contribution in [1.82, 2.24) is 20.3 Å². The van der Waals surface area contributed by atoms with Gasteiger partial charge in [-0.05, 0) is 101 Å². The van der Waals surface area contributed by atoms with E-state index < -0.39 is 15.6 Å². The number of carbonyl (C=O) groups excluding carboxylic acids is 1. The van der Waals surface area contributed by atoms with Crippen molar-refractivity contribution >= 4 is 38.8 Å². The minimum Gasteiger partial charge on any atom is -0.497 e. The molecule has 13 heteroatoms. The Balaban J connectivity index is 1.16. The predicted molar refractivity (Wildman–Crippen MR) is 190 cm³/mol. The summed E-state index contributed by atoms with van der Waals surface area (Å²) in [6, 6.07) is 13.5. The summed E-state index contributed by atoms with van der Waals surface area (Å²) in [5.41, 5.74) is 5.88. The van der Waals surface area contributed by atoms with E-state index in [1.54, 1.807) is 32.5 Å². The van der Waals surface area contributed by atoms with E-state index >= 15 is 0 Å². The number of ether oxygens (including phenoxy) is 3. The maximum Gasteiger partial charge on any atom is 0.407 e. The van der Waals surface area contributed by atoms with Crippen LogP contribution in [0.2, 0.25) is 0 Å². The number of sulfonamides is 1. The zero-order valence-corrected chi connectivity index (χ0v) is 29.7. The number of alkyl carbamates (subject to hydrolysis) is 1. The first-order valence-corrected chi connectivity index (χ1v) is 18.2. The van der Waals surface area contributed by atoms with Crippen LogP contribution < -0.4 is 24.4 Å². The third-order valence-electron chi connectivity index (χ3n) is 8.94. The highest BCUT2D eigenvalue weighted by molar-refractivity contribution is 7.92. The molecule has 260 valence electrons. The number of anilines is 2. The molecule has 2 aromatic carbocycles. The van der Waals surface area contributed by atoms with Crippen LogP contribution in [0.5, 0.6) is 11.5 Å². The van der Waals surface area contributed by atoms with Crippen molar-refractivity contribution < 1.29 is 27.4 Å². The van der Waals surface area contributed by atoms with E-state index in [9.17, 15) is 13.2 Å². The van der Waals surface area contributed by atoms with Gasteiger partial charge in [0.15, 0.2) is 0 Å². The van der Waals surface area contributed by atoms with Crippen LogP contribution in [0.25, 0.3) is 22.3 Å². The van der Waals surface area contributed by atoms with Crippen molar-refractivity contribution in [1.29, 1.82) is 0 Å². The van der Waals surface area contributed by atoms with Crippen LogP contribution in [0.4, 0.5) is 16.4 Å². The van der Waals surface area contributed by atoms with E-state index in [1.807, 2.05) is 58.0 Å². The SMILES string of the molecule is COc1ccc(CN2c3ccc(-c4cc(C)c5nc(NC6CCC(NC(=O)OC(C)(C)C)CC6)ncc5n4)cc3CCS2(=O)=O)c(OC)c1. The molecular formula is C36H44N6O6S. The lowest BCUT2D eigenvalue weighted by Crippen LogP contribution is -2.42. The summed E-state index contributed by atoms with van der Waals surface area (Å²) in [5.74, 6) is 1.76. The second kappa shape index (κ2) is 13.7. The molecule has 0 unspecified atom stereocenters. The summed E-state index contributed by atoms with van der Waals surface area (Å²) in [7, 11) is -0.393. The minimum absolute atomic E-state index is 0.0115. The van der Waals surface area contributed by atoms with Crippen LogP contribution in [-0.4, -0.2) is 67.1 Å². The fourth-order valence-electron chi connectivity index (χ4n) is 6.45. The lowest BCUT2D eigenvalue weighted by molar-refractivity contribution is 0.0492. The van der Waals surface area contributed by atoms with E-state index in [1.165, 1.54) is 4.31 Å². The van der Waals surface area contributed by atoms with Crippen LogP contribution in [0, 0.1) is 6.92 Å². The molecule has 1 amide bonds.